The van der Waals surface area contributed by atoms with Crippen molar-refractivity contribution in [2.75, 3.05) is 7.05 Å². The van der Waals surface area contributed by atoms with Gasteiger partial charge in [0.2, 0.25) is 0 Å². The highest BCUT2D eigenvalue weighted by molar-refractivity contribution is 7.96. The molecule has 1 aromatic heterocycles. The third kappa shape index (κ3) is 2.31. The number of carbonyl (C=O) groups excluding carboxylic acids is 1. The van der Waals surface area contributed by atoms with Crippen LogP contribution in [-0.2, 0) is 6.54 Å². The Morgan fingerprint density at radius 2 is 2.55 bits per heavy atom. The summed E-state index contributed by atoms with van der Waals surface area (Å²) in [7, 11) is 1.66. The van der Waals surface area contributed by atoms with Gasteiger partial charge in [-0.1, -0.05) is 12.6 Å². The molecule has 0 N–H and O–H groups in total. The van der Waals surface area contributed by atoms with E-state index in [0.717, 1.165) is 5.76 Å². The van der Waals surface area contributed by atoms with Crippen LogP contribution in [0.4, 0.5) is 4.79 Å². The maximum absolute atomic E-state index is 10.6. The lowest BCUT2D eigenvalue weighted by Gasteiger charge is -2.10. The highest BCUT2D eigenvalue weighted by atomic mass is 32.1. The largest absolute Gasteiger partial charge is 0.467 e. The monoisotopic (exact) mass is 171 g/mol. The predicted octanol–water partition coefficient (Wildman–Crippen LogP) is 1.76. The molecular formula is C7H9NO2S. The van der Waals surface area contributed by atoms with E-state index in [2.05, 4.69) is 12.6 Å². The second kappa shape index (κ2) is 3.48. The van der Waals surface area contributed by atoms with Gasteiger partial charge in [-0.05, 0) is 12.1 Å². The molecule has 1 rings (SSSR count). The topological polar surface area (TPSA) is 33.5 Å². The fourth-order valence-corrected chi connectivity index (χ4v) is 0.775. The van der Waals surface area contributed by atoms with Crippen LogP contribution in [0.1, 0.15) is 5.76 Å². The summed E-state index contributed by atoms with van der Waals surface area (Å²) in [5, 5.41) is -0.263. The van der Waals surface area contributed by atoms with Crippen molar-refractivity contribution in [3.8, 4) is 0 Å². The molecule has 0 bridgehead atoms. The lowest BCUT2D eigenvalue weighted by molar-refractivity contribution is 0.228. The quantitative estimate of drug-likeness (QED) is 0.688. The highest BCUT2D eigenvalue weighted by Crippen LogP contribution is 2.04. The number of amides is 1. The molecule has 60 valence electrons. The summed E-state index contributed by atoms with van der Waals surface area (Å²) in [5.74, 6) is 0.759. The first-order chi connectivity index (χ1) is 5.20. The van der Waals surface area contributed by atoms with Gasteiger partial charge < -0.3 is 9.32 Å². The van der Waals surface area contributed by atoms with E-state index in [9.17, 15) is 4.79 Å². The zero-order chi connectivity index (χ0) is 8.27. The number of thiol groups is 1. The summed E-state index contributed by atoms with van der Waals surface area (Å²) in [5.41, 5.74) is 0. The average molecular weight is 171 g/mol. The summed E-state index contributed by atoms with van der Waals surface area (Å²) in [6.07, 6.45) is 1.58. The normalized spacial score (nSPS) is 9.64. The maximum atomic E-state index is 10.6. The third-order valence-corrected chi connectivity index (χ3v) is 1.64. The third-order valence-electron chi connectivity index (χ3n) is 1.30. The Balaban J connectivity index is 2.50. The van der Waals surface area contributed by atoms with Crippen molar-refractivity contribution in [1.29, 1.82) is 0 Å². The van der Waals surface area contributed by atoms with E-state index in [4.69, 9.17) is 4.42 Å². The summed E-state index contributed by atoms with van der Waals surface area (Å²) in [6, 6.07) is 3.60. The van der Waals surface area contributed by atoms with Gasteiger partial charge in [-0.25, -0.2) is 0 Å². The zero-order valence-electron chi connectivity index (χ0n) is 6.15. The van der Waals surface area contributed by atoms with E-state index in [-0.39, 0.29) is 5.24 Å². The average Bonchev–Trinajstić information content (AvgIpc) is 2.39. The number of rotatable bonds is 2. The highest BCUT2D eigenvalue weighted by Gasteiger charge is 2.04. The molecule has 0 aliphatic carbocycles. The lowest BCUT2D eigenvalue weighted by atomic mass is 10.4. The summed E-state index contributed by atoms with van der Waals surface area (Å²) >= 11 is 3.65. The molecule has 0 unspecified atom stereocenters. The molecule has 0 atom stereocenters. The van der Waals surface area contributed by atoms with Crippen LogP contribution in [0.5, 0.6) is 0 Å². The van der Waals surface area contributed by atoms with E-state index in [1.54, 1.807) is 19.4 Å². The van der Waals surface area contributed by atoms with E-state index in [1.807, 2.05) is 6.07 Å². The van der Waals surface area contributed by atoms with Gasteiger partial charge in [0.15, 0.2) is 0 Å². The van der Waals surface area contributed by atoms with Crippen LogP contribution in [0, 0.1) is 0 Å². The van der Waals surface area contributed by atoms with Gasteiger partial charge in [-0.15, -0.1) is 0 Å². The number of furan rings is 1. The molecule has 1 aromatic rings. The van der Waals surface area contributed by atoms with E-state index < -0.39 is 0 Å². The molecular weight excluding hydrogens is 162 g/mol. The maximum Gasteiger partial charge on any atom is 0.278 e. The van der Waals surface area contributed by atoms with E-state index in [0.29, 0.717) is 6.54 Å². The van der Waals surface area contributed by atoms with Crippen molar-refractivity contribution in [2.45, 2.75) is 6.54 Å². The molecule has 1 amide bonds. The van der Waals surface area contributed by atoms with Crippen molar-refractivity contribution in [3.05, 3.63) is 24.2 Å². The molecule has 4 heteroatoms. The molecule has 0 aliphatic rings. The summed E-state index contributed by atoms with van der Waals surface area (Å²) < 4.78 is 5.03. The Morgan fingerprint density at radius 3 is 3.00 bits per heavy atom. The molecule has 0 aromatic carbocycles. The molecule has 0 radical (unpaired) electrons. The van der Waals surface area contributed by atoms with Crippen molar-refractivity contribution < 1.29 is 9.21 Å². The van der Waals surface area contributed by atoms with Gasteiger partial charge in [0.25, 0.3) is 5.24 Å². The molecule has 1 heterocycles. The van der Waals surface area contributed by atoms with Crippen molar-refractivity contribution >= 4 is 17.9 Å². The minimum atomic E-state index is -0.263. The van der Waals surface area contributed by atoms with Crippen molar-refractivity contribution in [2.24, 2.45) is 0 Å². The van der Waals surface area contributed by atoms with Crippen LogP contribution in [0.3, 0.4) is 0 Å². The van der Waals surface area contributed by atoms with Gasteiger partial charge in [0, 0.05) is 7.05 Å². The molecule has 0 fully saturated rings. The van der Waals surface area contributed by atoms with Gasteiger partial charge >= 0.3 is 0 Å². The van der Waals surface area contributed by atoms with Gasteiger partial charge in [0.05, 0.1) is 12.8 Å². The smallest absolute Gasteiger partial charge is 0.278 e. The molecule has 11 heavy (non-hydrogen) atoms. The Kier molecular flexibility index (Phi) is 2.59. The molecule has 3 nitrogen and oxygen atoms in total. The van der Waals surface area contributed by atoms with E-state index >= 15 is 0 Å². The Labute approximate surface area is 70.4 Å². The second-order valence-electron chi connectivity index (χ2n) is 2.22. The number of hydrogen-bond donors (Lipinski definition) is 1. The fraction of sp³-hybridized carbons (Fsp3) is 0.286. The summed E-state index contributed by atoms with van der Waals surface area (Å²) in [6.45, 7) is 0.468. The summed E-state index contributed by atoms with van der Waals surface area (Å²) in [4.78, 5) is 12.1. The van der Waals surface area contributed by atoms with Crippen molar-refractivity contribution in [1.82, 2.24) is 4.90 Å². The van der Waals surface area contributed by atoms with Crippen LogP contribution in [0.2, 0.25) is 0 Å². The van der Waals surface area contributed by atoms with Crippen LogP contribution < -0.4 is 0 Å². The Hall–Kier alpha value is -0.900. The Bertz CT molecular complexity index is 233. The molecule has 0 saturated heterocycles. The minimum Gasteiger partial charge on any atom is -0.467 e. The standard InChI is InChI=1S/C7H9NO2S/c1-8(7(9)11)5-6-3-2-4-10-6/h2-4H,5H2,1H3,(H,9,11). The molecule has 0 saturated carbocycles. The number of nitrogens with zero attached hydrogens (tertiary/aromatic N) is 1. The van der Waals surface area contributed by atoms with E-state index in [1.165, 1.54) is 4.90 Å². The van der Waals surface area contributed by atoms with Crippen LogP contribution >= 0.6 is 12.6 Å². The Morgan fingerprint density at radius 1 is 1.82 bits per heavy atom. The first-order valence-electron chi connectivity index (χ1n) is 3.16. The van der Waals surface area contributed by atoms with Crippen LogP contribution in [0.15, 0.2) is 22.8 Å². The first-order valence-corrected chi connectivity index (χ1v) is 3.61. The van der Waals surface area contributed by atoms with Gasteiger partial charge in [-0.2, -0.15) is 0 Å². The number of hydrogen-bond acceptors (Lipinski definition) is 2. The predicted molar refractivity (Wildman–Crippen MR) is 44.6 cm³/mol. The van der Waals surface area contributed by atoms with Gasteiger partial charge in [0.1, 0.15) is 5.76 Å². The first kappa shape index (κ1) is 8.20. The molecule has 0 spiro atoms. The van der Waals surface area contributed by atoms with Crippen LogP contribution in [0.25, 0.3) is 0 Å². The minimum absolute atomic E-state index is 0.263. The number of carbonyl (C=O) groups is 1. The zero-order valence-corrected chi connectivity index (χ0v) is 7.04. The fourth-order valence-electron chi connectivity index (χ4n) is 0.704. The second-order valence-corrected chi connectivity index (χ2v) is 2.60. The molecule has 0 aliphatic heterocycles. The van der Waals surface area contributed by atoms with Crippen LogP contribution in [-0.4, -0.2) is 17.2 Å². The SMILES string of the molecule is CN(Cc1ccco1)C(=O)S. The van der Waals surface area contributed by atoms with Gasteiger partial charge in [-0.3, -0.25) is 4.79 Å². The van der Waals surface area contributed by atoms with Crippen molar-refractivity contribution in [3.63, 3.8) is 0 Å². The lowest BCUT2D eigenvalue weighted by Crippen LogP contribution is -2.19.